The Morgan fingerprint density at radius 3 is 2.54 bits per heavy atom. The van der Waals surface area contributed by atoms with E-state index >= 15 is 0 Å². The normalized spacial score (nSPS) is 12.5. The van der Waals surface area contributed by atoms with Crippen molar-refractivity contribution in [3.05, 3.63) is 51.3 Å². The molecule has 1 N–H and O–H groups in total. The molecule has 8 nitrogen and oxygen atoms in total. The zero-order chi connectivity index (χ0) is 19.6. The number of nitrogens with one attached hydrogen (secondary N) is 1. The second kappa shape index (κ2) is 7.15. The van der Waals surface area contributed by atoms with Gasteiger partial charge < -0.3 is 10.1 Å². The summed E-state index contributed by atoms with van der Waals surface area (Å²) in [6.45, 7) is 10.1. The molecule has 0 bridgehead atoms. The molecule has 0 radical (unpaired) electrons. The molecule has 0 saturated carbocycles. The van der Waals surface area contributed by atoms with E-state index in [0.29, 0.717) is 5.69 Å². The largest absolute Gasteiger partial charge is 0.465 e. The third-order valence-corrected chi connectivity index (χ3v) is 4.07. The van der Waals surface area contributed by atoms with E-state index in [2.05, 4.69) is 35.9 Å². The van der Waals surface area contributed by atoms with Crippen molar-refractivity contribution in [2.75, 3.05) is 12.4 Å². The lowest BCUT2D eigenvalue weighted by Gasteiger charge is -2.19. The number of ether oxygens (including phenoxy) is 1. The van der Waals surface area contributed by atoms with Crippen molar-refractivity contribution in [1.82, 2.24) is 9.78 Å². The first-order valence-corrected chi connectivity index (χ1v) is 8.24. The third-order valence-electron chi connectivity index (χ3n) is 4.07. The molecule has 1 unspecified atom stereocenters. The number of esters is 1. The Balaban J connectivity index is 2.32. The summed E-state index contributed by atoms with van der Waals surface area (Å²) in [7, 11) is 1.19. The minimum absolute atomic E-state index is 0.0863. The number of methoxy groups -OCH3 is 1. The Morgan fingerprint density at radius 2 is 2.04 bits per heavy atom. The minimum Gasteiger partial charge on any atom is -0.465 e. The lowest BCUT2D eigenvalue weighted by Crippen LogP contribution is -2.22. The average Bonchev–Trinajstić information content (AvgIpc) is 2.96. The number of nitro groups is 1. The van der Waals surface area contributed by atoms with E-state index in [9.17, 15) is 14.9 Å². The number of rotatable bonds is 5. The van der Waals surface area contributed by atoms with Gasteiger partial charge >= 0.3 is 5.97 Å². The molecule has 0 saturated heterocycles. The summed E-state index contributed by atoms with van der Waals surface area (Å²) in [4.78, 5) is 22.4. The molecule has 0 aliphatic carbocycles. The summed E-state index contributed by atoms with van der Waals surface area (Å²) in [5.41, 5.74) is 2.00. The molecule has 0 fully saturated rings. The standard InChI is InChI=1S/C18H24N4O4/c1-11(15-10-21(18(3,4)5)20-12(15)2)19-13-7-8-16(22(24)25)14(9-13)17(23)26-6/h7-11,19H,1-6H3. The van der Waals surface area contributed by atoms with Crippen LogP contribution in [-0.4, -0.2) is 27.8 Å². The van der Waals surface area contributed by atoms with E-state index in [1.807, 2.05) is 24.7 Å². The summed E-state index contributed by atoms with van der Waals surface area (Å²) < 4.78 is 6.56. The molecule has 0 amide bonds. The van der Waals surface area contributed by atoms with Gasteiger partial charge in [0.15, 0.2) is 0 Å². The smallest absolute Gasteiger partial charge is 0.344 e. The zero-order valence-corrected chi connectivity index (χ0v) is 15.9. The molecule has 0 aliphatic heterocycles. The van der Waals surface area contributed by atoms with Gasteiger partial charge in [-0.3, -0.25) is 14.8 Å². The lowest BCUT2D eigenvalue weighted by atomic mass is 10.1. The first-order chi connectivity index (χ1) is 12.0. The van der Waals surface area contributed by atoms with Crippen molar-refractivity contribution in [2.45, 2.75) is 46.2 Å². The summed E-state index contributed by atoms with van der Waals surface area (Å²) in [6.07, 6.45) is 1.99. The van der Waals surface area contributed by atoms with Crippen LogP contribution >= 0.6 is 0 Å². The Hall–Kier alpha value is -2.90. The molecule has 8 heteroatoms. The first kappa shape index (κ1) is 19.4. The predicted octanol–water partition coefficient (Wildman–Crippen LogP) is 3.81. The van der Waals surface area contributed by atoms with Crippen molar-refractivity contribution in [3.63, 3.8) is 0 Å². The van der Waals surface area contributed by atoms with Crippen LogP contribution in [0.25, 0.3) is 0 Å². The Morgan fingerprint density at radius 1 is 1.38 bits per heavy atom. The van der Waals surface area contributed by atoms with Gasteiger partial charge in [0.05, 0.1) is 29.3 Å². The number of hydrogen-bond acceptors (Lipinski definition) is 6. The fourth-order valence-corrected chi connectivity index (χ4v) is 2.63. The summed E-state index contributed by atoms with van der Waals surface area (Å²) in [5, 5.41) is 18.9. The van der Waals surface area contributed by atoms with E-state index in [-0.39, 0.29) is 22.8 Å². The molecule has 0 aliphatic rings. The van der Waals surface area contributed by atoms with Gasteiger partial charge in [-0.2, -0.15) is 5.10 Å². The van der Waals surface area contributed by atoms with Gasteiger partial charge in [0.2, 0.25) is 0 Å². The topological polar surface area (TPSA) is 99.3 Å². The molecule has 140 valence electrons. The third kappa shape index (κ3) is 4.01. The van der Waals surface area contributed by atoms with Crippen molar-refractivity contribution >= 4 is 17.3 Å². The predicted molar refractivity (Wildman–Crippen MR) is 98.4 cm³/mol. The second-order valence-corrected chi connectivity index (χ2v) is 7.13. The molecule has 1 atom stereocenters. The Labute approximate surface area is 152 Å². The quantitative estimate of drug-likeness (QED) is 0.494. The number of nitro benzene ring substituents is 1. The number of hydrogen-bond donors (Lipinski definition) is 1. The fourth-order valence-electron chi connectivity index (χ4n) is 2.63. The van der Waals surface area contributed by atoms with E-state index in [0.717, 1.165) is 11.3 Å². The number of benzene rings is 1. The summed E-state index contributed by atoms with van der Waals surface area (Å²) in [6, 6.07) is 4.21. The fraction of sp³-hybridized carbons (Fsp3) is 0.444. The Bertz CT molecular complexity index is 836. The number of anilines is 1. The maximum atomic E-state index is 11.8. The highest BCUT2D eigenvalue weighted by atomic mass is 16.6. The van der Waals surface area contributed by atoms with Gasteiger partial charge in [0, 0.05) is 23.5 Å². The SMILES string of the molecule is COC(=O)c1cc(NC(C)c2cn(C(C)(C)C)nc2C)ccc1[N+](=O)[O-]. The Kier molecular flexibility index (Phi) is 5.34. The monoisotopic (exact) mass is 360 g/mol. The molecule has 2 rings (SSSR count). The zero-order valence-electron chi connectivity index (χ0n) is 15.9. The van der Waals surface area contributed by atoms with Gasteiger partial charge in [-0.1, -0.05) is 0 Å². The van der Waals surface area contributed by atoms with Crippen molar-refractivity contribution in [1.29, 1.82) is 0 Å². The molecule has 26 heavy (non-hydrogen) atoms. The molecular formula is C18H24N4O4. The van der Waals surface area contributed by atoms with Crippen molar-refractivity contribution in [2.24, 2.45) is 0 Å². The highest BCUT2D eigenvalue weighted by Crippen LogP contribution is 2.28. The van der Waals surface area contributed by atoms with Crippen LogP contribution in [0.3, 0.4) is 0 Å². The number of aryl methyl sites for hydroxylation is 1. The molecule has 1 aromatic carbocycles. The highest BCUT2D eigenvalue weighted by molar-refractivity contribution is 5.95. The van der Waals surface area contributed by atoms with E-state index in [1.54, 1.807) is 6.07 Å². The maximum Gasteiger partial charge on any atom is 0.344 e. The lowest BCUT2D eigenvalue weighted by molar-refractivity contribution is -0.385. The highest BCUT2D eigenvalue weighted by Gasteiger charge is 2.23. The van der Waals surface area contributed by atoms with E-state index in [4.69, 9.17) is 0 Å². The van der Waals surface area contributed by atoms with E-state index in [1.165, 1.54) is 19.2 Å². The molecule has 1 aromatic heterocycles. The van der Waals surface area contributed by atoms with Crippen molar-refractivity contribution < 1.29 is 14.5 Å². The number of aromatic nitrogens is 2. The van der Waals surface area contributed by atoms with Gasteiger partial charge in [0.1, 0.15) is 5.56 Å². The van der Waals surface area contributed by atoms with Crippen LogP contribution in [-0.2, 0) is 10.3 Å². The van der Waals surface area contributed by atoms with Crippen LogP contribution in [0, 0.1) is 17.0 Å². The molecular weight excluding hydrogens is 336 g/mol. The molecule has 1 heterocycles. The van der Waals surface area contributed by atoms with Crippen LogP contribution in [0.4, 0.5) is 11.4 Å². The molecule has 0 spiro atoms. The van der Waals surface area contributed by atoms with Crippen LogP contribution in [0.2, 0.25) is 0 Å². The van der Waals surface area contributed by atoms with Gasteiger partial charge in [-0.05, 0) is 46.8 Å². The van der Waals surface area contributed by atoms with Crippen LogP contribution in [0.5, 0.6) is 0 Å². The van der Waals surface area contributed by atoms with Gasteiger partial charge in [-0.15, -0.1) is 0 Å². The number of carbonyl (C=O) groups is 1. The maximum absolute atomic E-state index is 11.8. The van der Waals surface area contributed by atoms with Gasteiger partial charge in [0.25, 0.3) is 5.69 Å². The van der Waals surface area contributed by atoms with Gasteiger partial charge in [-0.25, -0.2) is 4.79 Å². The summed E-state index contributed by atoms with van der Waals surface area (Å²) >= 11 is 0. The number of carbonyl (C=O) groups excluding carboxylic acids is 1. The van der Waals surface area contributed by atoms with Crippen LogP contribution in [0.1, 0.15) is 55.4 Å². The van der Waals surface area contributed by atoms with E-state index < -0.39 is 10.9 Å². The van der Waals surface area contributed by atoms with Crippen LogP contribution in [0.15, 0.2) is 24.4 Å². The number of nitrogens with zero attached hydrogens (tertiary/aromatic N) is 3. The summed E-state index contributed by atoms with van der Waals surface area (Å²) in [5.74, 6) is -0.746. The average molecular weight is 360 g/mol. The second-order valence-electron chi connectivity index (χ2n) is 7.13. The first-order valence-electron chi connectivity index (χ1n) is 8.24. The molecule has 2 aromatic rings. The van der Waals surface area contributed by atoms with Crippen LogP contribution < -0.4 is 5.32 Å². The van der Waals surface area contributed by atoms with Crippen molar-refractivity contribution in [3.8, 4) is 0 Å². The minimum atomic E-state index is -0.746.